The molecule has 24 heavy (non-hydrogen) atoms. The monoisotopic (exact) mass is 348 g/mol. The maximum atomic E-state index is 13.0. The van der Waals surface area contributed by atoms with E-state index in [1.54, 1.807) is 16.2 Å². The fraction of sp³-hybridized carbons (Fsp3) is 0.667. The van der Waals surface area contributed by atoms with Crippen molar-refractivity contribution >= 4 is 23.2 Å². The van der Waals surface area contributed by atoms with Crippen molar-refractivity contribution < 1.29 is 14.7 Å². The minimum atomic E-state index is -0.779. The van der Waals surface area contributed by atoms with E-state index >= 15 is 0 Å². The quantitative estimate of drug-likeness (QED) is 0.832. The zero-order valence-electron chi connectivity index (χ0n) is 14.1. The van der Waals surface area contributed by atoms with Crippen LogP contribution in [-0.2, 0) is 17.6 Å². The SMILES string of the molecule is CN1C[C@H]2CN(C(=O)c3cc4c(s3)CCCCC4)C[C@@]2(C(=O)O)C1. The average molecular weight is 348 g/mol. The van der Waals surface area contributed by atoms with Gasteiger partial charge in [-0.15, -0.1) is 11.3 Å². The number of rotatable bonds is 2. The van der Waals surface area contributed by atoms with Gasteiger partial charge in [-0.3, -0.25) is 9.59 Å². The van der Waals surface area contributed by atoms with Crippen LogP contribution < -0.4 is 0 Å². The maximum absolute atomic E-state index is 13.0. The second-order valence-electron chi connectivity index (χ2n) is 7.66. The molecule has 2 aliphatic heterocycles. The maximum Gasteiger partial charge on any atom is 0.313 e. The molecule has 6 heteroatoms. The van der Waals surface area contributed by atoms with E-state index < -0.39 is 11.4 Å². The first-order chi connectivity index (χ1) is 11.5. The van der Waals surface area contributed by atoms with Gasteiger partial charge in [-0.25, -0.2) is 0 Å². The highest BCUT2D eigenvalue weighted by atomic mass is 32.1. The van der Waals surface area contributed by atoms with Gasteiger partial charge in [-0.05, 0) is 44.4 Å². The summed E-state index contributed by atoms with van der Waals surface area (Å²) >= 11 is 1.63. The van der Waals surface area contributed by atoms with E-state index in [9.17, 15) is 14.7 Å². The van der Waals surface area contributed by atoms with Crippen LogP contribution in [0, 0.1) is 11.3 Å². The number of carbonyl (C=O) groups is 2. The lowest BCUT2D eigenvalue weighted by atomic mass is 9.81. The normalized spacial score (nSPS) is 30.0. The van der Waals surface area contributed by atoms with Gasteiger partial charge in [-0.2, -0.15) is 0 Å². The van der Waals surface area contributed by atoms with E-state index in [4.69, 9.17) is 0 Å². The molecule has 2 fully saturated rings. The molecule has 5 nitrogen and oxygen atoms in total. The molecule has 2 saturated heterocycles. The van der Waals surface area contributed by atoms with Crippen LogP contribution in [-0.4, -0.2) is 60.0 Å². The number of carboxylic acid groups (broad SMARTS) is 1. The predicted molar refractivity (Wildman–Crippen MR) is 92.5 cm³/mol. The molecule has 0 radical (unpaired) electrons. The number of hydrogen-bond donors (Lipinski definition) is 1. The van der Waals surface area contributed by atoms with Gasteiger partial charge in [0, 0.05) is 37.0 Å². The van der Waals surface area contributed by atoms with E-state index in [1.807, 2.05) is 7.05 Å². The number of fused-ring (bicyclic) bond motifs is 2. The van der Waals surface area contributed by atoms with Crippen molar-refractivity contribution in [1.82, 2.24) is 9.80 Å². The van der Waals surface area contributed by atoms with Crippen molar-refractivity contribution in [3.05, 3.63) is 21.4 Å². The molecule has 1 aromatic heterocycles. The molecular weight excluding hydrogens is 324 g/mol. The summed E-state index contributed by atoms with van der Waals surface area (Å²) in [7, 11) is 1.96. The highest BCUT2D eigenvalue weighted by Crippen LogP contribution is 2.43. The number of carboxylic acids is 1. The van der Waals surface area contributed by atoms with E-state index in [2.05, 4.69) is 11.0 Å². The van der Waals surface area contributed by atoms with Crippen LogP contribution in [0.3, 0.4) is 0 Å². The van der Waals surface area contributed by atoms with E-state index in [0.29, 0.717) is 19.6 Å². The standard InChI is InChI=1S/C18H24N2O3S/c1-19-8-13-9-20(11-18(13,10-19)17(22)23)16(21)15-7-12-5-3-2-4-6-14(12)24-15/h7,13H,2-6,8-11H2,1H3,(H,22,23)/t13-,18-/m0/s1. The summed E-state index contributed by atoms with van der Waals surface area (Å²) in [4.78, 5) is 30.9. The second kappa shape index (κ2) is 5.85. The Morgan fingerprint density at radius 3 is 2.75 bits per heavy atom. The smallest absolute Gasteiger partial charge is 0.313 e. The van der Waals surface area contributed by atoms with Crippen molar-refractivity contribution in [2.75, 3.05) is 33.2 Å². The molecule has 3 heterocycles. The summed E-state index contributed by atoms with van der Waals surface area (Å²) in [5, 5.41) is 9.76. The van der Waals surface area contributed by atoms with Crippen molar-refractivity contribution in [1.29, 1.82) is 0 Å². The molecule has 3 aliphatic rings. The summed E-state index contributed by atoms with van der Waals surface area (Å²) < 4.78 is 0. The van der Waals surface area contributed by atoms with Gasteiger partial charge in [0.25, 0.3) is 5.91 Å². The summed E-state index contributed by atoms with van der Waals surface area (Å²) in [6.07, 6.45) is 5.84. The van der Waals surface area contributed by atoms with Crippen LogP contribution in [0.25, 0.3) is 0 Å². The first kappa shape index (κ1) is 16.1. The van der Waals surface area contributed by atoms with Crippen LogP contribution in [0.1, 0.15) is 39.4 Å². The third-order valence-electron chi connectivity index (χ3n) is 5.95. The summed E-state index contributed by atoms with van der Waals surface area (Å²) in [5.74, 6) is -0.679. The van der Waals surface area contributed by atoms with Gasteiger partial charge >= 0.3 is 5.97 Å². The van der Waals surface area contributed by atoms with Gasteiger partial charge in [0.05, 0.1) is 4.88 Å². The summed E-state index contributed by atoms with van der Waals surface area (Å²) in [6.45, 7) is 2.21. The molecule has 4 rings (SSSR count). The van der Waals surface area contributed by atoms with Gasteiger partial charge in [0.1, 0.15) is 5.41 Å². The van der Waals surface area contributed by atoms with E-state index in [0.717, 1.165) is 24.3 Å². The molecule has 0 aromatic carbocycles. The number of aliphatic carboxylic acids is 1. The second-order valence-corrected chi connectivity index (χ2v) is 8.80. The third-order valence-corrected chi connectivity index (χ3v) is 7.17. The largest absolute Gasteiger partial charge is 0.481 e. The van der Waals surface area contributed by atoms with Crippen LogP contribution in [0.5, 0.6) is 0 Å². The number of aryl methyl sites for hydroxylation is 2. The van der Waals surface area contributed by atoms with Gasteiger partial charge in [0.2, 0.25) is 0 Å². The Balaban J connectivity index is 1.55. The van der Waals surface area contributed by atoms with Crippen LogP contribution in [0.4, 0.5) is 0 Å². The van der Waals surface area contributed by atoms with Gasteiger partial charge < -0.3 is 14.9 Å². The first-order valence-electron chi connectivity index (χ1n) is 8.82. The number of hydrogen-bond acceptors (Lipinski definition) is 4. The Morgan fingerprint density at radius 2 is 2.00 bits per heavy atom. The molecule has 1 aliphatic carbocycles. The van der Waals surface area contributed by atoms with Gasteiger partial charge in [0.15, 0.2) is 0 Å². The third kappa shape index (κ3) is 2.47. The molecule has 1 N–H and O–H groups in total. The van der Waals surface area contributed by atoms with Crippen LogP contribution in [0.2, 0.25) is 0 Å². The molecule has 0 saturated carbocycles. The van der Waals surface area contributed by atoms with Crippen LogP contribution >= 0.6 is 11.3 Å². The molecular formula is C18H24N2O3S. The average Bonchev–Trinajstić information content (AvgIpc) is 3.13. The molecule has 0 bridgehead atoms. The van der Waals surface area contributed by atoms with E-state index in [-0.39, 0.29) is 11.8 Å². The van der Waals surface area contributed by atoms with Crippen molar-refractivity contribution in [2.24, 2.45) is 11.3 Å². The molecule has 1 aromatic rings. The van der Waals surface area contributed by atoms with Crippen molar-refractivity contribution in [3.8, 4) is 0 Å². The lowest BCUT2D eigenvalue weighted by molar-refractivity contribution is -0.148. The summed E-state index contributed by atoms with van der Waals surface area (Å²) in [6, 6.07) is 2.07. The van der Waals surface area contributed by atoms with E-state index in [1.165, 1.54) is 29.7 Å². The Labute approximate surface area is 146 Å². The summed E-state index contributed by atoms with van der Waals surface area (Å²) in [5.41, 5.74) is 0.562. The predicted octanol–water partition coefficient (Wildman–Crippen LogP) is 2.11. The minimum Gasteiger partial charge on any atom is -0.481 e. The first-order valence-corrected chi connectivity index (χ1v) is 9.64. The lowest BCUT2D eigenvalue weighted by Gasteiger charge is -2.23. The number of thiophene rings is 1. The number of nitrogens with zero attached hydrogens (tertiary/aromatic N) is 2. The highest BCUT2D eigenvalue weighted by Gasteiger charge is 2.57. The fourth-order valence-electron chi connectivity index (χ4n) is 4.70. The number of amides is 1. The fourth-order valence-corrected chi connectivity index (χ4v) is 5.92. The zero-order chi connectivity index (χ0) is 16.9. The zero-order valence-corrected chi connectivity index (χ0v) is 14.9. The Morgan fingerprint density at radius 1 is 1.21 bits per heavy atom. The highest BCUT2D eigenvalue weighted by molar-refractivity contribution is 7.14. The number of likely N-dealkylation sites (tertiary alicyclic amines) is 2. The molecule has 0 unspecified atom stereocenters. The Hall–Kier alpha value is -1.40. The minimum absolute atomic E-state index is 0.0331. The van der Waals surface area contributed by atoms with Gasteiger partial charge in [-0.1, -0.05) is 6.42 Å². The molecule has 130 valence electrons. The Bertz CT molecular complexity index is 662. The molecule has 1 amide bonds. The molecule has 0 spiro atoms. The molecule has 2 atom stereocenters. The van der Waals surface area contributed by atoms with Crippen molar-refractivity contribution in [2.45, 2.75) is 32.1 Å². The topological polar surface area (TPSA) is 60.9 Å². The Kier molecular flexibility index (Phi) is 3.92. The lowest BCUT2D eigenvalue weighted by Crippen LogP contribution is -2.41. The number of carbonyl (C=O) groups excluding carboxylic acids is 1. The van der Waals surface area contributed by atoms with Crippen LogP contribution in [0.15, 0.2) is 6.07 Å². The van der Waals surface area contributed by atoms with Crippen molar-refractivity contribution in [3.63, 3.8) is 0 Å².